The number of nitrogens with one attached hydrogen (secondary N) is 1. The number of Topliss-reactive ketones (excluding diaryl/α,β-unsaturated/α-hetero) is 1. The maximum absolute atomic E-state index is 12.8. The molecular formula is C24H30Cl2N2O6S. The molecule has 0 bridgehead atoms. The second kappa shape index (κ2) is 11.4. The molecule has 3 rings (SSSR count). The molecule has 1 aromatic carbocycles. The highest BCUT2D eigenvalue weighted by atomic mass is 35.5. The van der Waals surface area contributed by atoms with Gasteiger partial charge in [-0.1, -0.05) is 37.0 Å². The van der Waals surface area contributed by atoms with E-state index in [-0.39, 0.29) is 44.9 Å². The zero-order valence-electron chi connectivity index (χ0n) is 20.2. The topological polar surface area (TPSA) is 104 Å². The molecule has 0 radical (unpaired) electrons. The summed E-state index contributed by atoms with van der Waals surface area (Å²) in [7, 11) is -3.98. The van der Waals surface area contributed by atoms with E-state index in [2.05, 4.69) is 4.72 Å². The number of carbonyl (C=O) groups excluding carboxylic acids is 2. The van der Waals surface area contributed by atoms with Gasteiger partial charge in [-0.05, 0) is 50.8 Å². The molecule has 1 aliphatic heterocycles. The number of esters is 1. The molecule has 1 atom stereocenters. The van der Waals surface area contributed by atoms with Crippen molar-refractivity contribution in [1.29, 1.82) is 0 Å². The van der Waals surface area contributed by atoms with Crippen LogP contribution in [0.15, 0.2) is 23.1 Å². The molecule has 1 aliphatic rings. The van der Waals surface area contributed by atoms with Gasteiger partial charge < -0.3 is 14.0 Å². The molecule has 1 aromatic heterocycles. The number of benzene rings is 1. The number of rotatable bonds is 10. The highest BCUT2D eigenvalue weighted by molar-refractivity contribution is 7.89. The molecule has 1 fully saturated rings. The Morgan fingerprint density at radius 3 is 2.51 bits per heavy atom. The summed E-state index contributed by atoms with van der Waals surface area (Å²) >= 11 is 12.2. The van der Waals surface area contributed by atoms with Gasteiger partial charge in [0.05, 0.1) is 21.7 Å². The second-order valence-corrected chi connectivity index (χ2v) is 11.6. The molecule has 1 unspecified atom stereocenters. The number of aryl methyl sites for hydroxylation is 1. The number of halogens is 2. The normalized spacial score (nSPS) is 16.1. The Kier molecular flexibility index (Phi) is 9.04. The quantitative estimate of drug-likeness (QED) is 0.347. The van der Waals surface area contributed by atoms with Crippen LogP contribution >= 0.6 is 23.2 Å². The second-order valence-electron chi connectivity index (χ2n) is 9.04. The molecule has 2 aromatic rings. The van der Waals surface area contributed by atoms with Gasteiger partial charge in [-0.2, -0.15) is 0 Å². The summed E-state index contributed by atoms with van der Waals surface area (Å²) in [6, 6.07) is 4.00. The summed E-state index contributed by atoms with van der Waals surface area (Å²) in [5.74, 6) is -1.23. The van der Waals surface area contributed by atoms with Crippen molar-refractivity contribution in [2.75, 3.05) is 19.8 Å². The van der Waals surface area contributed by atoms with Crippen LogP contribution in [0.4, 0.5) is 0 Å². The van der Waals surface area contributed by atoms with Crippen molar-refractivity contribution < 1.29 is 27.5 Å². The minimum atomic E-state index is -3.98. The first kappa shape index (κ1) is 27.7. The van der Waals surface area contributed by atoms with Crippen molar-refractivity contribution in [2.24, 2.45) is 5.92 Å². The lowest BCUT2D eigenvalue weighted by Gasteiger charge is -2.15. The maximum atomic E-state index is 12.8. The van der Waals surface area contributed by atoms with Crippen LogP contribution in [0.1, 0.15) is 58.8 Å². The lowest BCUT2D eigenvalue weighted by atomic mass is 10.1. The van der Waals surface area contributed by atoms with Gasteiger partial charge in [0.15, 0.2) is 6.61 Å². The van der Waals surface area contributed by atoms with Crippen LogP contribution in [0, 0.1) is 19.8 Å². The average molecular weight is 545 g/mol. The predicted molar refractivity (Wildman–Crippen MR) is 134 cm³/mol. The van der Waals surface area contributed by atoms with Crippen LogP contribution < -0.4 is 4.72 Å². The Labute approximate surface area is 215 Å². The first-order valence-corrected chi connectivity index (χ1v) is 13.6. The molecule has 0 amide bonds. The summed E-state index contributed by atoms with van der Waals surface area (Å²) in [6.07, 6.45) is 2.12. The Morgan fingerprint density at radius 2 is 1.89 bits per heavy atom. The molecule has 11 heteroatoms. The molecule has 0 spiro atoms. The predicted octanol–water partition coefficient (Wildman–Crippen LogP) is 4.56. The van der Waals surface area contributed by atoms with Crippen molar-refractivity contribution in [3.8, 4) is 0 Å². The number of hydrogen-bond acceptors (Lipinski definition) is 6. The summed E-state index contributed by atoms with van der Waals surface area (Å²) in [6.45, 7) is 8.54. The summed E-state index contributed by atoms with van der Waals surface area (Å²) in [5, 5.41) is -0.206. The van der Waals surface area contributed by atoms with Crippen LogP contribution in [-0.2, 0) is 26.0 Å². The highest BCUT2D eigenvalue weighted by Gasteiger charge is 2.25. The largest absolute Gasteiger partial charge is 0.454 e. The first-order valence-electron chi connectivity index (χ1n) is 11.4. The van der Waals surface area contributed by atoms with Gasteiger partial charge in [0.1, 0.15) is 4.90 Å². The third kappa shape index (κ3) is 6.65. The van der Waals surface area contributed by atoms with Crippen LogP contribution in [0.3, 0.4) is 0 Å². The Balaban J connectivity index is 1.73. The van der Waals surface area contributed by atoms with Gasteiger partial charge in [0.2, 0.25) is 15.8 Å². The number of aromatic nitrogens is 1. The number of ketones is 1. The highest BCUT2D eigenvalue weighted by Crippen LogP contribution is 2.29. The van der Waals surface area contributed by atoms with Crippen molar-refractivity contribution in [1.82, 2.24) is 9.29 Å². The van der Waals surface area contributed by atoms with Gasteiger partial charge in [0.25, 0.3) is 0 Å². The zero-order valence-corrected chi connectivity index (χ0v) is 22.5. The number of carbonyl (C=O) groups is 2. The fourth-order valence-electron chi connectivity index (χ4n) is 3.89. The van der Waals surface area contributed by atoms with Gasteiger partial charge in [-0.25, -0.2) is 17.9 Å². The minimum Gasteiger partial charge on any atom is -0.454 e. The van der Waals surface area contributed by atoms with Crippen LogP contribution in [0.25, 0.3) is 0 Å². The van der Waals surface area contributed by atoms with Gasteiger partial charge >= 0.3 is 5.97 Å². The third-order valence-corrected chi connectivity index (χ3v) is 8.03. The SMILES string of the molecule is Cc1cc(C(=O)COC(=O)c2cc(S(=O)(=O)NCC(C)C)c(Cl)cc2Cl)c(C)n1CC1CCCO1. The van der Waals surface area contributed by atoms with Crippen molar-refractivity contribution in [2.45, 2.75) is 58.1 Å². The first-order chi connectivity index (χ1) is 16.4. The Morgan fingerprint density at radius 1 is 1.17 bits per heavy atom. The molecule has 35 heavy (non-hydrogen) atoms. The summed E-state index contributed by atoms with van der Waals surface area (Å²) in [5.41, 5.74) is 1.94. The molecule has 0 aliphatic carbocycles. The lowest BCUT2D eigenvalue weighted by molar-refractivity contribution is 0.0474. The smallest absolute Gasteiger partial charge is 0.340 e. The molecule has 1 N–H and O–H groups in total. The fourth-order valence-corrected chi connectivity index (χ4v) is 5.95. The van der Waals surface area contributed by atoms with E-state index in [1.165, 1.54) is 6.07 Å². The van der Waals surface area contributed by atoms with Crippen molar-refractivity contribution in [3.63, 3.8) is 0 Å². The molecule has 0 saturated carbocycles. The molecule has 8 nitrogen and oxygen atoms in total. The minimum absolute atomic E-state index is 0.0685. The molecule has 1 saturated heterocycles. The van der Waals surface area contributed by atoms with Crippen molar-refractivity contribution >= 4 is 45.0 Å². The van der Waals surface area contributed by atoms with Gasteiger partial charge in [0, 0.05) is 36.6 Å². The van der Waals surface area contributed by atoms with E-state index in [4.69, 9.17) is 32.7 Å². The number of sulfonamides is 1. The number of ether oxygens (including phenoxy) is 2. The van der Waals surface area contributed by atoms with E-state index in [1.807, 2.05) is 32.3 Å². The van der Waals surface area contributed by atoms with Crippen LogP contribution in [-0.4, -0.2) is 50.6 Å². The standard InChI is InChI=1S/C24H30Cl2N2O6S/c1-14(2)11-27-35(31,32)23-9-19(20(25)10-21(23)26)24(30)34-13-22(29)18-8-15(3)28(16(18)4)12-17-6-5-7-33-17/h8-10,14,17,27H,5-7,11-13H2,1-4H3. The van der Waals surface area contributed by atoms with Gasteiger partial charge in [-0.15, -0.1) is 0 Å². The van der Waals surface area contributed by atoms with Gasteiger partial charge in [-0.3, -0.25) is 4.79 Å². The van der Waals surface area contributed by atoms with E-state index in [1.54, 1.807) is 6.07 Å². The Bertz CT molecular complexity index is 1220. The third-order valence-electron chi connectivity index (χ3n) is 5.83. The average Bonchev–Trinajstić information content (AvgIpc) is 3.39. The van der Waals surface area contributed by atoms with Crippen molar-refractivity contribution in [3.05, 3.63) is 50.8 Å². The number of hydrogen-bond donors (Lipinski definition) is 1. The fraction of sp³-hybridized carbons (Fsp3) is 0.500. The maximum Gasteiger partial charge on any atom is 0.340 e. The monoisotopic (exact) mass is 544 g/mol. The molecule has 2 heterocycles. The van der Waals surface area contributed by atoms with E-state index >= 15 is 0 Å². The number of nitrogens with zero attached hydrogens (tertiary/aromatic N) is 1. The molecule has 192 valence electrons. The zero-order chi connectivity index (χ0) is 25.9. The van der Waals surface area contributed by atoms with E-state index in [0.29, 0.717) is 12.1 Å². The van der Waals surface area contributed by atoms with E-state index in [0.717, 1.165) is 36.9 Å². The summed E-state index contributed by atoms with van der Waals surface area (Å²) in [4.78, 5) is 25.3. The van der Waals surface area contributed by atoms with Crippen LogP contribution in [0.2, 0.25) is 10.0 Å². The Hall–Kier alpha value is -1.91. The van der Waals surface area contributed by atoms with E-state index in [9.17, 15) is 18.0 Å². The van der Waals surface area contributed by atoms with Crippen LogP contribution in [0.5, 0.6) is 0 Å². The summed E-state index contributed by atoms with van der Waals surface area (Å²) < 4.78 is 40.6. The molecular weight excluding hydrogens is 515 g/mol. The lowest BCUT2D eigenvalue weighted by Crippen LogP contribution is -2.28. The van der Waals surface area contributed by atoms with E-state index < -0.39 is 22.6 Å².